The summed E-state index contributed by atoms with van der Waals surface area (Å²) in [6.07, 6.45) is 0. The second kappa shape index (κ2) is 6.81. The highest BCUT2D eigenvalue weighted by Crippen LogP contribution is 2.15. The van der Waals surface area contributed by atoms with Crippen LogP contribution in [-0.2, 0) is 6.54 Å². The summed E-state index contributed by atoms with van der Waals surface area (Å²) in [5, 5.41) is 3.39. The molecule has 0 fully saturated rings. The Labute approximate surface area is 114 Å². The van der Waals surface area contributed by atoms with E-state index in [9.17, 15) is 0 Å². The molecule has 0 aliphatic rings. The van der Waals surface area contributed by atoms with Crippen LogP contribution in [0.3, 0.4) is 0 Å². The van der Waals surface area contributed by atoms with Crippen LogP contribution < -0.4 is 15.8 Å². The van der Waals surface area contributed by atoms with Crippen molar-refractivity contribution in [3.05, 3.63) is 59.7 Å². The summed E-state index contributed by atoms with van der Waals surface area (Å²) in [6, 6.07) is 16.4. The molecule has 2 aromatic carbocycles. The molecule has 100 valence electrons. The first-order valence-electron chi connectivity index (χ1n) is 6.50. The Balaban J connectivity index is 1.93. The van der Waals surface area contributed by atoms with Gasteiger partial charge in [0.05, 0.1) is 0 Å². The van der Waals surface area contributed by atoms with E-state index in [4.69, 9.17) is 10.5 Å². The Morgan fingerprint density at radius 1 is 1.11 bits per heavy atom. The van der Waals surface area contributed by atoms with Crippen LogP contribution in [0.15, 0.2) is 48.5 Å². The van der Waals surface area contributed by atoms with Gasteiger partial charge in [-0.2, -0.15) is 0 Å². The molecule has 0 spiro atoms. The predicted molar refractivity (Wildman–Crippen MR) is 79.5 cm³/mol. The maximum Gasteiger partial charge on any atom is 0.119 e. The summed E-state index contributed by atoms with van der Waals surface area (Å²) in [5.41, 5.74) is 9.00. The number of nitrogens with one attached hydrogen (secondary N) is 1. The van der Waals surface area contributed by atoms with Crippen LogP contribution in [0.5, 0.6) is 5.75 Å². The number of anilines is 1. The van der Waals surface area contributed by atoms with Gasteiger partial charge in [0.25, 0.3) is 0 Å². The van der Waals surface area contributed by atoms with Crippen LogP contribution in [0.4, 0.5) is 5.69 Å². The Morgan fingerprint density at radius 2 is 1.89 bits per heavy atom. The molecule has 3 heteroatoms. The predicted octanol–water partition coefficient (Wildman–Crippen LogP) is 2.94. The number of benzene rings is 2. The number of nitrogens with two attached hydrogens (primary N) is 1. The highest BCUT2D eigenvalue weighted by atomic mass is 16.5. The molecule has 3 N–H and O–H groups in total. The van der Waals surface area contributed by atoms with Crippen molar-refractivity contribution in [2.45, 2.75) is 13.5 Å². The summed E-state index contributed by atoms with van der Waals surface area (Å²) >= 11 is 0. The van der Waals surface area contributed by atoms with Crippen LogP contribution in [0.25, 0.3) is 0 Å². The van der Waals surface area contributed by atoms with E-state index in [1.54, 1.807) is 0 Å². The monoisotopic (exact) mass is 256 g/mol. The molecular formula is C16H20N2O. The van der Waals surface area contributed by atoms with E-state index >= 15 is 0 Å². The van der Waals surface area contributed by atoms with Crippen molar-refractivity contribution in [3.8, 4) is 5.75 Å². The van der Waals surface area contributed by atoms with Crippen molar-refractivity contribution in [3.63, 3.8) is 0 Å². The molecule has 0 unspecified atom stereocenters. The molecule has 2 rings (SSSR count). The summed E-state index contributed by atoms with van der Waals surface area (Å²) in [7, 11) is 0. The third-order valence-corrected chi connectivity index (χ3v) is 2.83. The molecule has 0 aliphatic carbocycles. The van der Waals surface area contributed by atoms with E-state index in [0.29, 0.717) is 13.2 Å². The fourth-order valence-corrected chi connectivity index (χ4v) is 1.80. The zero-order chi connectivity index (χ0) is 13.5. The van der Waals surface area contributed by atoms with Gasteiger partial charge < -0.3 is 15.8 Å². The van der Waals surface area contributed by atoms with Crippen LogP contribution in [0.2, 0.25) is 0 Å². The Morgan fingerprint density at radius 3 is 2.63 bits per heavy atom. The summed E-state index contributed by atoms with van der Waals surface area (Å²) < 4.78 is 5.51. The molecule has 0 radical (unpaired) electrons. The summed E-state index contributed by atoms with van der Waals surface area (Å²) in [4.78, 5) is 0. The van der Waals surface area contributed by atoms with Gasteiger partial charge in [-0.1, -0.05) is 29.8 Å². The number of hydrogen-bond donors (Lipinski definition) is 2. The van der Waals surface area contributed by atoms with Crippen molar-refractivity contribution < 1.29 is 4.74 Å². The van der Waals surface area contributed by atoms with E-state index in [-0.39, 0.29) is 0 Å². The standard InChI is InChI=1S/C16H20N2O/c1-13-5-7-15(8-6-13)18-12-14-3-2-4-16(11-14)19-10-9-17/h2-8,11,18H,9-10,12,17H2,1H3. The minimum absolute atomic E-state index is 0.534. The number of ether oxygens (including phenoxy) is 1. The molecule has 0 saturated carbocycles. The van der Waals surface area contributed by atoms with E-state index in [1.165, 1.54) is 11.1 Å². The van der Waals surface area contributed by atoms with E-state index in [0.717, 1.165) is 18.0 Å². The van der Waals surface area contributed by atoms with Gasteiger partial charge in [0.15, 0.2) is 0 Å². The maximum absolute atomic E-state index is 5.51. The van der Waals surface area contributed by atoms with Gasteiger partial charge in [0.1, 0.15) is 12.4 Å². The number of hydrogen-bond acceptors (Lipinski definition) is 3. The third kappa shape index (κ3) is 4.30. The lowest BCUT2D eigenvalue weighted by molar-refractivity contribution is 0.328. The SMILES string of the molecule is Cc1ccc(NCc2cccc(OCCN)c2)cc1. The van der Waals surface area contributed by atoms with E-state index in [2.05, 4.69) is 42.6 Å². The molecule has 0 heterocycles. The van der Waals surface area contributed by atoms with E-state index in [1.807, 2.05) is 18.2 Å². The van der Waals surface area contributed by atoms with Gasteiger partial charge in [-0.05, 0) is 36.8 Å². The first kappa shape index (κ1) is 13.4. The van der Waals surface area contributed by atoms with Crippen LogP contribution in [0.1, 0.15) is 11.1 Å². The van der Waals surface area contributed by atoms with Gasteiger partial charge >= 0.3 is 0 Å². The van der Waals surface area contributed by atoms with Gasteiger partial charge in [-0.25, -0.2) is 0 Å². The van der Waals surface area contributed by atoms with Crippen molar-refractivity contribution in [2.75, 3.05) is 18.5 Å². The summed E-state index contributed by atoms with van der Waals surface area (Å²) in [5.74, 6) is 0.869. The van der Waals surface area contributed by atoms with Crippen molar-refractivity contribution >= 4 is 5.69 Å². The van der Waals surface area contributed by atoms with Crippen molar-refractivity contribution in [2.24, 2.45) is 5.73 Å². The average molecular weight is 256 g/mol. The lowest BCUT2D eigenvalue weighted by Crippen LogP contribution is -2.10. The molecule has 0 saturated heterocycles. The molecule has 0 bridgehead atoms. The zero-order valence-corrected chi connectivity index (χ0v) is 11.2. The number of rotatable bonds is 6. The van der Waals surface area contributed by atoms with Gasteiger partial charge in [-0.15, -0.1) is 0 Å². The quantitative estimate of drug-likeness (QED) is 0.835. The molecule has 2 aromatic rings. The fourth-order valence-electron chi connectivity index (χ4n) is 1.80. The molecule has 3 nitrogen and oxygen atoms in total. The van der Waals surface area contributed by atoms with Crippen LogP contribution >= 0.6 is 0 Å². The van der Waals surface area contributed by atoms with E-state index < -0.39 is 0 Å². The highest BCUT2D eigenvalue weighted by Gasteiger charge is 1.97. The Bertz CT molecular complexity index is 508. The third-order valence-electron chi connectivity index (χ3n) is 2.83. The van der Waals surface area contributed by atoms with Gasteiger partial charge in [0, 0.05) is 18.8 Å². The normalized spacial score (nSPS) is 10.2. The second-order valence-electron chi connectivity index (χ2n) is 4.50. The first-order valence-corrected chi connectivity index (χ1v) is 6.50. The fraction of sp³-hybridized carbons (Fsp3) is 0.250. The minimum Gasteiger partial charge on any atom is -0.492 e. The van der Waals surface area contributed by atoms with Crippen molar-refractivity contribution in [1.82, 2.24) is 0 Å². The zero-order valence-electron chi connectivity index (χ0n) is 11.2. The van der Waals surface area contributed by atoms with Crippen LogP contribution in [0, 0.1) is 6.92 Å². The Hall–Kier alpha value is -2.00. The average Bonchev–Trinajstić information content (AvgIpc) is 2.45. The number of aryl methyl sites for hydroxylation is 1. The molecule has 0 aromatic heterocycles. The maximum atomic E-state index is 5.51. The Kier molecular flexibility index (Phi) is 4.81. The molecule has 19 heavy (non-hydrogen) atoms. The second-order valence-corrected chi connectivity index (χ2v) is 4.50. The molecule has 0 amide bonds. The topological polar surface area (TPSA) is 47.3 Å². The first-order chi connectivity index (χ1) is 9.28. The summed E-state index contributed by atoms with van der Waals surface area (Å²) in [6.45, 7) is 3.95. The van der Waals surface area contributed by atoms with Crippen molar-refractivity contribution in [1.29, 1.82) is 0 Å². The van der Waals surface area contributed by atoms with Gasteiger partial charge in [-0.3, -0.25) is 0 Å². The smallest absolute Gasteiger partial charge is 0.119 e. The molecule has 0 aliphatic heterocycles. The highest BCUT2D eigenvalue weighted by molar-refractivity contribution is 5.45. The minimum atomic E-state index is 0.534. The largest absolute Gasteiger partial charge is 0.492 e. The van der Waals surface area contributed by atoms with Gasteiger partial charge in [0.2, 0.25) is 0 Å². The van der Waals surface area contributed by atoms with Crippen LogP contribution in [-0.4, -0.2) is 13.2 Å². The molecular weight excluding hydrogens is 236 g/mol. The lowest BCUT2D eigenvalue weighted by atomic mass is 10.2. The lowest BCUT2D eigenvalue weighted by Gasteiger charge is -2.09. The molecule has 0 atom stereocenters.